The SMILES string of the molecule is CCC(C)CN(C)C(=O)N1CC(n2cc(C(=O)O)nn2)C1. The lowest BCUT2D eigenvalue weighted by Gasteiger charge is -2.41. The Morgan fingerprint density at radius 1 is 1.52 bits per heavy atom. The highest BCUT2D eigenvalue weighted by molar-refractivity contribution is 5.84. The van der Waals surface area contributed by atoms with Crippen LogP contribution in [0.15, 0.2) is 6.20 Å². The summed E-state index contributed by atoms with van der Waals surface area (Å²) in [5, 5.41) is 16.2. The molecule has 116 valence electrons. The van der Waals surface area contributed by atoms with E-state index in [0.717, 1.165) is 13.0 Å². The summed E-state index contributed by atoms with van der Waals surface area (Å²) < 4.78 is 1.52. The molecule has 21 heavy (non-hydrogen) atoms. The third kappa shape index (κ3) is 3.32. The molecule has 0 bridgehead atoms. The lowest BCUT2D eigenvalue weighted by atomic mass is 10.1. The first-order valence-corrected chi connectivity index (χ1v) is 7.07. The Balaban J connectivity index is 1.85. The first kappa shape index (κ1) is 15.3. The highest BCUT2D eigenvalue weighted by atomic mass is 16.4. The molecule has 0 spiro atoms. The molecule has 0 saturated carbocycles. The number of aromatic nitrogens is 3. The molecule has 2 amide bonds. The van der Waals surface area contributed by atoms with Crippen molar-refractivity contribution in [1.29, 1.82) is 0 Å². The Morgan fingerprint density at radius 3 is 2.71 bits per heavy atom. The van der Waals surface area contributed by atoms with Crippen LogP contribution >= 0.6 is 0 Å². The summed E-state index contributed by atoms with van der Waals surface area (Å²) in [5.41, 5.74) is -0.0753. The number of rotatable bonds is 5. The maximum Gasteiger partial charge on any atom is 0.358 e. The van der Waals surface area contributed by atoms with Crippen LogP contribution in [-0.2, 0) is 0 Å². The summed E-state index contributed by atoms with van der Waals surface area (Å²) in [5.74, 6) is -0.619. The summed E-state index contributed by atoms with van der Waals surface area (Å²) in [6, 6.07) is 0.0108. The molecule has 1 unspecified atom stereocenters. The maximum atomic E-state index is 12.2. The number of urea groups is 1. The number of nitrogens with zero attached hydrogens (tertiary/aromatic N) is 5. The van der Waals surface area contributed by atoms with Crippen molar-refractivity contribution in [3.8, 4) is 0 Å². The lowest BCUT2D eigenvalue weighted by molar-refractivity contribution is 0.0689. The van der Waals surface area contributed by atoms with E-state index >= 15 is 0 Å². The summed E-state index contributed by atoms with van der Waals surface area (Å²) in [6.45, 7) is 6.03. The number of carbonyl (C=O) groups excluding carboxylic acids is 1. The van der Waals surface area contributed by atoms with Crippen LogP contribution in [0.1, 0.15) is 36.8 Å². The molecule has 1 aromatic rings. The van der Waals surface area contributed by atoms with Gasteiger partial charge in [0.1, 0.15) is 0 Å². The van der Waals surface area contributed by atoms with Gasteiger partial charge in [0.2, 0.25) is 0 Å². The van der Waals surface area contributed by atoms with Gasteiger partial charge < -0.3 is 14.9 Å². The van der Waals surface area contributed by atoms with E-state index in [1.165, 1.54) is 10.9 Å². The first-order valence-electron chi connectivity index (χ1n) is 7.07. The number of carboxylic acids is 1. The van der Waals surface area contributed by atoms with Crippen molar-refractivity contribution in [1.82, 2.24) is 24.8 Å². The highest BCUT2D eigenvalue weighted by Gasteiger charge is 2.34. The van der Waals surface area contributed by atoms with E-state index in [2.05, 4.69) is 24.2 Å². The Bertz CT molecular complexity index is 524. The van der Waals surface area contributed by atoms with E-state index < -0.39 is 5.97 Å². The Hall–Kier alpha value is -2.12. The minimum atomic E-state index is -1.10. The summed E-state index contributed by atoms with van der Waals surface area (Å²) >= 11 is 0. The summed E-state index contributed by atoms with van der Waals surface area (Å²) in [7, 11) is 1.81. The van der Waals surface area contributed by atoms with Crippen LogP contribution in [0.25, 0.3) is 0 Å². The zero-order valence-corrected chi connectivity index (χ0v) is 12.6. The predicted octanol–water partition coefficient (Wildman–Crippen LogP) is 0.931. The van der Waals surface area contributed by atoms with Gasteiger partial charge in [0.15, 0.2) is 5.69 Å². The molecule has 1 aliphatic rings. The van der Waals surface area contributed by atoms with Crippen LogP contribution in [-0.4, -0.2) is 68.6 Å². The van der Waals surface area contributed by atoms with Gasteiger partial charge in [-0.3, -0.25) is 0 Å². The molecule has 1 fully saturated rings. The highest BCUT2D eigenvalue weighted by Crippen LogP contribution is 2.22. The second-order valence-electron chi connectivity index (χ2n) is 5.62. The van der Waals surface area contributed by atoms with Crippen molar-refractivity contribution < 1.29 is 14.7 Å². The Morgan fingerprint density at radius 2 is 2.19 bits per heavy atom. The van der Waals surface area contributed by atoms with Crippen molar-refractivity contribution in [2.24, 2.45) is 5.92 Å². The molecule has 1 saturated heterocycles. The topological polar surface area (TPSA) is 91.6 Å². The minimum Gasteiger partial charge on any atom is -0.476 e. The summed E-state index contributed by atoms with van der Waals surface area (Å²) in [4.78, 5) is 26.4. The molecule has 0 aliphatic carbocycles. The molecule has 1 atom stereocenters. The average molecular weight is 295 g/mol. The van der Waals surface area contributed by atoms with E-state index in [9.17, 15) is 9.59 Å². The molecule has 0 aromatic carbocycles. The third-order valence-electron chi connectivity index (χ3n) is 3.85. The van der Waals surface area contributed by atoms with Gasteiger partial charge in [-0.15, -0.1) is 5.10 Å². The fraction of sp³-hybridized carbons (Fsp3) is 0.692. The number of likely N-dealkylation sites (tertiary alicyclic amines) is 1. The van der Waals surface area contributed by atoms with Gasteiger partial charge in [0.05, 0.1) is 12.2 Å². The first-order chi connectivity index (χ1) is 9.92. The van der Waals surface area contributed by atoms with Crippen molar-refractivity contribution >= 4 is 12.0 Å². The van der Waals surface area contributed by atoms with E-state index in [1.807, 2.05) is 0 Å². The molecule has 8 nitrogen and oxygen atoms in total. The van der Waals surface area contributed by atoms with Crippen LogP contribution in [0.5, 0.6) is 0 Å². The van der Waals surface area contributed by atoms with Crippen molar-refractivity contribution in [3.63, 3.8) is 0 Å². The molecule has 0 radical (unpaired) electrons. The van der Waals surface area contributed by atoms with Crippen molar-refractivity contribution in [3.05, 3.63) is 11.9 Å². The lowest BCUT2D eigenvalue weighted by Crippen LogP contribution is -2.55. The third-order valence-corrected chi connectivity index (χ3v) is 3.85. The molecule has 2 heterocycles. The van der Waals surface area contributed by atoms with Crippen LogP contribution in [0, 0.1) is 5.92 Å². The number of aromatic carboxylic acids is 1. The van der Waals surface area contributed by atoms with Crippen LogP contribution in [0.2, 0.25) is 0 Å². The molecule has 8 heteroatoms. The van der Waals surface area contributed by atoms with E-state index in [1.54, 1.807) is 16.8 Å². The predicted molar refractivity (Wildman–Crippen MR) is 75.1 cm³/mol. The van der Waals surface area contributed by atoms with E-state index in [-0.39, 0.29) is 17.8 Å². The van der Waals surface area contributed by atoms with Gasteiger partial charge in [0.25, 0.3) is 0 Å². The maximum absolute atomic E-state index is 12.2. The number of amides is 2. The molecule has 1 N–H and O–H groups in total. The second kappa shape index (κ2) is 6.11. The van der Waals surface area contributed by atoms with E-state index in [4.69, 9.17) is 5.11 Å². The normalized spacial score (nSPS) is 16.4. The van der Waals surface area contributed by atoms with Gasteiger partial charge >= 0.3 is 12.0 Å². The molecular formula is C13H21N5O3. The molecular weight excluding hydrogens is 274 g/mol. The number of carboxylic acid groups (broad SMARTS) is 1. The zero-order chi connectivity index (χ0) is 15.6. The van der Waals surface area contributed by atoms with E-state index in [0.29, 0.717) is 19.0 Å². The number of hydrogen-bond donors (Lipinski definition) is 1. The summed E-state index contributed by atoms with van der Waals surface area (Å²) in [6.07, 6.45) is 2.44. The number of hydrogen-bond acceptors (Lipinski definition) is 4. The molecule has 1 aromatic heterocycles. The quantitative estimate of drug-likeness (QED) is 0.872. The van der Waals surface area contributed by atoms with Crippen LogP contribution in [0.4, 0.5) is 4.79 Å². The van der Waals surface area contributed by atoms with Crippen molar-refractivity contribution in [2.45, 2.75) is 26.3 Å². The zero-order valence-electron chi connectivity index (χ0n) is 12.6. The van der Waals surface area contributed by atoms with Gasteiger partial charge in [-0.25, -0.2) is 14.3 Å². The average Bonchev–Trinajstić information content (AvgIpc) is 2.86. The van der Waals surface area contributed by atoms with Gasteiger partial charge in [-0.2, -0.15) is 0 Å². The standard InChI is InChI=1S/C13H21N5O3/c1-4-9(2)5-16(3)13(21)17-6-10(7-17)18-8-11(12(19)20)14-15-18/h8-10H,4-7H2,1-3H3,(H,19,20). The molecule has 1 aliphatic heterocycles. The van der Waals surface area contributed by atoms with Crippen LogP contribution < -0.4 is 0 Å². The second-order valence-corrected chi connectivity index (χ2v) is 5.62. The van der Waals surface area contributed by atoms with Gasteiger partial charge in [-0.05, 0) is 5.92 Å². The Kier molecular flexibility index (Phi) is 4.44. The molecule has 2 rings (SSSR count). The largest absolute Gasteiger partial charge is 0.476 e. The monoisotopic (exact) mass is 295 g/mol. The minimum absolute atomic E-state index is 0.00474. The smallest absolute Gasteiger partial charge is 0.358 e. The Labute approximate surface area is 123 Å². The van der Waals surface area contributed by atoms with Gasteiger partial charge in [0, 0.05) is 26.7 Å². The van der Waals surface area contributed by atoms with Crippen molar-refractivity contribution in [2.75, 3.05) is 26.7 Å². The van der Waals surface area contributed by atoms with Gasteiger partial charge in [-0.1, -0.05) is 25.5 Å². The fourth-order valence-corrected chi connectivity index (χ4v) is 2.25. The number of carbonyl (C=O) groups is 2. The van der Waals surface area contributed by atoms with Crippen LogP contribution in [0.3, 0.4) is 0 Å². The fourth-order valence-electron chi connectivity index (χ4n) is 2.25.